The Morgan fingerprint density at radius 1 is 1.38 bits per heavy atom. The zero-order chi connectivity index (χ0) is 15.2. The molecule has 0 spiro atoms. The molecular weight excluding hydrogens is 351 g/mol. The molecular formula is C16H20BrFN2S. The molecule has 1 unspecified atom stereocenters. The molecule has 1 aromatic carbocycles. The summed E-state index contributed by atoms with van der Waals surface area (Å²) >= 11 is 5.20. The summed E-state index contributed by atoms with van der Waals surface area (Å²) in [6.45, 7) is 4.67. The molecule has 0 amide bonds. The highest BCUT2D eigenvalue weighted by atomic mass is 79.9. The lowest BCUT2D eigenvalue weighted by molar-refractivity contribution is 0.256. The van der Waals surface area contributed by atoms with Crippen molar-refractivity contribution in [1.29, 1.82) is 0 Å². The molecule has 0 saturated heterocycles. The van der Waals surface area contributed by atoms with Crippen molar-refractivity contribution in [2.75, 3.05) is 20.1 Å². The van der Waals surface area contributed by atoms with Gasteiger partial charge in [-0.15, -0.1) is 11.3 Å². The topological polar surface area (TPSA) is 15.3 Å². The molecule has 0 bridgehead atoms. The average molecular weight is 371 g/mol. The number of rotatable bonds is 7. The molecule has 0 fully saturated rings. The van der Waals surface area contributed by atoms with Crippen LogP contribution in [0.4, 0.5) is 4.39 Å². The smallest absolute Gasteiger partial charge is 0.127 e. The Morgan fingerprint density at radius 3 is 2.81 bits per heavy atom. The van der Waals surface area contributed by atoms with Crippen LogP contribution >= 0.6 is 27.3 Å². The van der Waals surface area contributed by atoms with Gasteiger partial charge in [0.1, 0.15) is 5.82 Å². The number of hydrogen-bond donors (Lipinski definition) is 1. The zero-order valence-electron chi connectivity index (χ0n) is 12.3. The Labute approximate surface area is 138 Å². The highest BCUT2D eigenvalue weighted by Gasteiger charge is 2.14. The van der Waals surface area contributed by atoms with Crippen LogP contribution in [0.2, 0.25) is 0 Å². The molecule has 1 N–H and O–H groups in total. The summed E-state index contributed by atoms with van der Waals surface area (Å²) < 4.78 is 14.9. The average Bonchev–Trinajstić information content (AvgIpc) is 2.89. The van der Waals surface area contributed by atoms with Crippen LogP contribution in [0.25, 0.3) is 0 Å². The lowest BCUT2D eigenvalue weighted by atomic mass is 10.1. The summed E-state index contributed by atoms with van der Waals surface area (Å²) in [6, 6.07) is 9.19. The van der Waals surface area contributed by atoms with Gasteiger partial charge < -0.3 is 5.32 Å². The fourth-order valence-corrected chi connectivity index (χ4v) is 3.58. The van der Waals surface area contributed by atoms with Gasteiger partial charge in [-0.3, -0.25) is 4.90 Å². The van der Waals surface area contributed by atoms with Crippen LogP contribution in [0.3, 0.4) is 0 Å². The van der Waals surface area contributed by atoms with E-state index in [-0.39, 0.29) is 11.9 Å². The minimum atomic E-state index is -0.131. The Hall–Kier alpha value is -0.750. The van der Waals surface area contributed by atoms with Crippen LogP contribution in [0.1, 0.15) is 23.4 Å². The van der Waals surface area contributed by atoms with E-state index in [1.165, 1.54) is 10.9 Å². The molecule has 21 heavy (non-hydrogen) atoms. The van der Waals surface area contributed by atoms with E-state index in [4.69, 9.17) is 0 Å². The van der Waals surface area contributed by atoms with E-state index in [0.29, 0.717) is 0 Å². The third-order valence-corrected chi connectivity index (χ3v) is 5.28. The second-order valence-electron chi connectivity index (χ2n) is 5.09. The van der Waals surface area contributed by atoms with Crippen molar-refractivity contribution < 1.29 is 4.39 Å². The summed E-state index contributed by atoms with van der Waals surface area (Å²) in [7, 11) is 2.03. The number of nitrogens with one attached hydrogen (secondary N) is 1. The molecule has 0 aliphatic rings. The van der Waals surface area contributed by atoms with Gasteiger partial charge in [-0.05, 0) is 42.0 Å². The van der Waals surface area contributed by atoms with Crippen LogP contribution in [-0.4, -0.2) is 25.0 Å². The molecule has 1 aromatic heterocycles. The standard InChI is InChI=1S/C16H20BrFN2S/c1-12(15-5-3-4-6-16(15)18)20(2)8-7-19-10-14-9-13(17)11-21-14/h3-6,9,11-12,19H,7-8,10H2,1-2H3. The molecule has 1 heterocycles. The molecule has 2 rings (SSSR count). The van der Waals surface area contributed by atoms with E-state index in [0.717, 1.165) is 29.7 Å². The summed E-state index contributed by atoms with van der Waals surface area (Å²) in [6.07, 6.45) is 0. The molecule has 114 valence electrons. The third-order valence-electron chi connectivity index (χ3n) is 3.58. The fourth-order valence-electron chi connectivity index (χ4n) is 2.16. The molecule has 0 radical (unpaired) electrons. The van der Waals surface area contributed by atoms with Gasteiger partial charge in [-0.25, -0.2) is 4.39 Å². The maximum atomic E-state index is 13.8. The van der Waals surface area contributed by atoms with Crippen molar-refractivity contribution in [3.63, 3.8) is 0 Å². The normalized spacial score (nSPS) is 12.8. The molecule has 0 aliphatic carbocycles. The van der Waals surface area contributed by atoms with Gasteiger partial charge >= 0.3 is 0 Å². The quantitative estimate of drug-likeness (QED) is 0.725. The number of hydrogen-bond acceptors (Lipinski definition) is 3. The van der Waals surface area contributed by atoms with E-state index in [2.05, 4.69) is 37.6 Å². The molecule has 1 atom stereocenters. The van der Waals surface area contributed by atoms with Gasteiger partial charge in [-0.1, -0.05) is 18.2 Å². The molecule has 2 aromatic rings. The first kappa shape index (κ1) is 16.6. The largest absolute Gasteiger partial charge is 0.311 e. The van der Waals surface area contributed by atoms with Crippen molar-refractivity contribution >= 4 is 27.3 Å². The van der Waals surface area contributed by atoms with E-state index in [9.17, 15) is 4.39 Å². The minimum Gasteiger partial charge on any atom is -0.311 e. The van der Waals surface area contributed by atoms with Crippen molar-refractivity contribution in [2.24, 2.45) is 0 Å². The molecule has 2 nitrogen and oxygen atoms in total. The lowest BCUT2D eigenvalue weighted by Crippen LogP contribution is -2.31. The maximum absolute atomic E-state index is 13.8. The number of thiophene rings is 1. The summed E-state index contributed by atoms with van der Waals surface area (Å²) in [5.41, 5.74) is 0.752. The maximum Gasteiger partial charge on any atom is 0.127 e. The highest BCUT2D eigenvalue weighted by Crippen LogP contribution is 2.21. The van der Waals surface area contributed by atoms with Crippen molar-refractivity contribution in [2.45, 2.75) is 19.5 Å². The Kier molecular flexibility index (Phi) is 6.36. The van der Waals surface area contributed by atoms with E-state index < -0.39 is 0 Å². The second kappa shape index (κ2) is 8.03. The predicted octanol–water partition coefficient (Wildman–Crippen LogP) is 4.43. The Balaban J connectivity index is 1.76. The zero-order valence-corrected chi connectivity index (χ0v) is 14.7. The monoisotopic (exact) mass is 370 g/mol. The van der Waals surface area contributed by atoms with Crippen LogP contribution in [0.15, 0.2) is 40.2 Å². The molecule has 0 saturated carbocycles. The number of likely N-dealkylation sites (N-methyl/N-ethyl adjacent to an activating group) is 1. The first-order valence-electron chi connectivity index (χ1n) is 6.96. The SMILES string of the molecule is CC(c1ccccc1F)N(C)CCNCc1cc(Br)cs1. The van der Waals surface area contributed by atoms with Gasteiger partial charge in [0.05, 0.1) is 0 Å². The van der Waals surface area contributed by atoms with Gasteiger partial charge in [-0.2, -0.15) is 0 Å². The Bertz CT molecular complexity index is 573. The third kappa shape index (κ3) is 4.88. The van der Waals surface area contributed by atoms with Gasteiger partial charge in [0.2, 0.25) is 0 Å². The summed E-state index contributed by atoms with van der Waals surface area (Å²) in [5.74, 6) is -0.131. The predicted molar refractivity (Wildman–Crippen MR) is 91.2 cm³/mol. The summed E-state index contributed by atoms with van der Waals surface area (Å²) in [5, 5.41) is 5.51. The van der Waals surface area contributed by atoms with Gasteiger partial charge in [0, 0.05) is 46.0 Å². The first-order chi connectivity index (χ1) is 10.1. The fraction of sp³-hybridized carbons (Fsp3) is 0.375. The van der Waals surface area contributed by atoms with Crippen LogP contribution in [-0.2, 0) is 6.54 Å². The second-order valence-corrected chi connectivity index (χ2v) is 7.00. The molecule has 0 aliphatic heterocycles. The van der Waals surface area contributed by atoms with E-state index in [1.54, 1.807) is 17.4 Å². The number of nitrogens with zero attached hydrogens (tertiary/aromatic N) is 1. The minimum absolute atomic E-state index is 0.0730. The van der Waals surface area contributed by atoms with Gasteiger partial charge in [0.25, 0.3) is 0 Å². The summed E-state index contributed by atoms with van der Waals surface area (Å²) in [4.78, 5) is 3.47. The van der Waals surface area contributed by atoms with Crippen molar-refractivity contribution in [1.82, 2.24) is 10.2 Å². The van der Waals surface area contributed by atoms with Crippen LogP contribution in [0.5, 0.6) is 0 Å². The first-order valence-corrected chi connectivity index (χ1v) is 8.63. The number of benzene rings is 1. The van der Waals surface area contributed by atoms with E-state index >= 15 is 0 Å². The van der Waals surface area contributed by atoms with Crippen LogP contribution < -0.4 is 5.32 Å². The van der Waals surface area contributed by atoms with Crippen molar-refractivity contribution in [3.05, 3.63) is 56.4 Å². The number of halogens is 2. The Morgan fingerprint density at radius 2 is 2.14 bits per heavy atom. The van der Waals surface area contributed by atoms with Crippen LogP contribution in [0, 0.1) is 5.82 Å². The van der Waals surface area contributed by atoms with E-state index in [1.807, 2.05) is 26.1 Å². The van der Waals surface area contributed by atoms with Gasteiger partial charge in [0.15, 0.2) is 0 Å². The molecule has 5 heteroatoms. The highest BCUT2D eigenvalue weighted by molar-refractivity contribution is 9.10. The van der Waals surface area contributed by atoms with Crippen molar-refractivity contribution in [3.8, 4) is 0 Å². The lowest BCUT2D eigenvalue weighted by Gasteiger charge is -2.25.